The van der Waals surface area contributed by atoms with Crippen LogP contribution in [-0.2, 0) is 9.53 Å². The van der Waals surface area contributed by atoms with Crippen molar-refractivity contribution in [3.8, 4) is 0 Å². The quantitative estimate of drug-likeness (QED) is 0.732. The summed E-state index contributed by atoms with van der Waals surface area (Å²) in [5.74, 6) is 0.657. The molecule has 1 unspecified atom stereocenters. The maximum Gasteiger partial charge on any atom is 0.220 e. The molecule has 0 spiro atoms. The highest BCUT2D eigenvalue weighted by atomic mass is 16.5. The minimum absolute atomic E-state index is 0.0907. The second-order valence-corrected chi connectivity index (χ2v) is 5.73. The van der Waals surface area contributed by atoms with Crippen LogP contribution in [0.2, 0.25) is 0 Å². The smallest absolute Gasteiger partial charge is 0.220 e. The molecular formula is C14H26N2O3. The second-order valence-electron chi connectivity index (χ2n) is 5.73. The van der Waals surface area contributed by atoms with Gasteiger partial charge in [-0.05, 0) is 18.8 Å². The number of carbonyl (C=O) groups is 1. The van der Waals surface area contributed by atoms with Gasteiger partial charge in [-0.2, -0.15) is 0 Å². The van der Waals surface area contributed by atoms with Crippen molar-refractivity contribution < 1.29 is 14.6 Å². The van der Waals surface area contributed by atoms with Gasteiger partial charge in [0, 0.05) is 32.6 Å². The molecule has 0 radical (unpaired) electrons. The molecule has 1 saturated heterocycles. The van der Waals surface area contributed by atoms with Crippen molar-refractivity contribution in [3.05, 3.63) is 0 Å². The molecule has 1 amide bonds. The zero-order chi connectivity index (χ0) is 13.5. The molecule has 2 fully saturated rings. The van der Waals surface area contributed by atoms with E-state index in [2.05, 4.69) is 10.2 Å². The monoisotopic (exact) mass is 270 g/mol. The topological polar surface area (TPSA) is 61.8 Å². The van der Waals surface area contributed by atoms with Gasteiger partial charge in [-0.25, -0.2) is 0 Å². The minimum atomic E-state index is -0.481. The Morgan fingerprint density at radius 2 is 2.00 bits per heavy atom. The Kier molecular flexibility index (Phi) is 6.07. The number of nitrogens with one attached hydrogen (secondary N) is 1. The summed E-state index contributed by atoms with van der Waals surface area (Å²) in [6.07, 6.45) is 5.04. The van der Waals surface area contributed by atoms with E-state index in [0.29, 0.717) is 25.4 Å². The van der Waals surface area contributed by atoms with Crippen LogP contribution in [0.1, 0.15) is 32.1 Å². The first kappa shape index (κ1) is 14.8. The third-order valence-corrected chi connectivity index (χ3v) is 4.06. The Balaban J connectivity index is 1.56. The van der Waals surface area contributed by atoms with E-state index in [1.165, 1.54) is 25.7 Å². The van der Waals surface area contributed by atoms with Gasteiger partial charge in [0.05, 0.1) is 19.3 Å². The van der Waals surface area contributed by atoms with Crippen molar-refractivity contribution >= 4 is 5.91 Å². The molecule has 0 aromatic heterocycles. The first-order valence-electron chi connectivity index (χ1n) is 7.49. The van der Waals surface area contributed by atoms with E-state index in [4.69, 9.17) is 4.74 Å². The molecule has 110 valence electrons. The molecule has 1 aliphatic heterocycles. The molecule has 1 aliphatic carbocycles. The van der Waals surface area contributed by atoms with E-state index in [-0.39, 0.29) is 5.91 Å². The number of rotatable bonds is 6. The molecular weight excluding hydrogens is 244 g/mol. The number of hydrogen-bond donors (Lipinski definition) is 2. The fourth-order valence-corrected chi connectivity index (χ4v) is 2.93. The summed E-state index contributed by atoms with van der Waals surface area (Å²) in [6, 6.07) is 0. The third kappa shape index (κ3) is 5.47. The van der Waals surface area contributed by atoms with E-state index in [1.807, 2.05) is 0 Å². The van der Waals surface area contributed by atoms with E-state index < -0.39 is 6.10 Å². The van der Waals surface area contributed by atoms with Gasteiger partial charge in [0.2, 0.25) is 5.91 Å². The molecule has 1 atom stereocenters. The number of nitrogens with zero attached hydrogens (tertiary/aromatic N) is 1. The van der Waals surface area contributed by atoms with Gasteiger partial charge >= 0.3 is 0 Å². The molecule has 2 rings (SSSR count). The highest BCUT2D eigenvalue weighted by Crippen LogP contribution is 2.27. The van der Waals surface area contributed by atoms with E-state index in [9.17, 15) is 9.90 Å². The van der Waals surface area contributed by atoms with Crippen LogP contribution in [0.4, 0.5) is 0 Å². The lowest BCUT2D eigenvalue weighted by Gasteiger charge is -2.28. The maximum absolute atomic E-state index is 11.7. The molecule has 19 heavy (non-hydrogen) atoms. The molecule has 0 bridgehead atoms. The first-order valence-corrected chi connectivity index (χ1v) is 7.49. The fraction of sp³-hybridized carbons (Fsp3) is 0.929. The highest BCUT2D eigenvalue weighted by Gasteiger charge is 2.19. The van der Waals surface area contributed by atoms with Crippen LogP contribution in [0.25, 0.3) is 0 Å². The summed E-state index contributed by atoms with van der Waals surface area (Å²) < 4.78 is 5.26. The maximum atomic E-state index is 11.7. The molecule has 0 aromatic rings. The van der Waals surface area contributed by atoms with Crippen molar-refractivity contribution in [2.45, 2.75) is 38.2 Å². The van der Waals surface area contributed by atoms with E-state index in [1.54, 1.807) is 0 Å². The largest absolute Gasteiger partial charge is 0.390 e. The summed E-state index contributed by atoms with van der Waals surface area (Å²) in [6.45, 7) is 4.19. The van der Waals surface area contributed by atoms with Gasteiger partial charge in [-0.15, -0.1) is 0 Å². The zero-order valence-electron chi connectivity index (χ0n) is 11.6. The van der Waals surface area contributed by atoms with Gasteiger partial charge in [0.1, 0.15) is 0 Å². The van der Waals surface area contributed by atoms with Gasteiger partial charge in [0.25, 0.3) is 0 Å². The number of aliphatic hydroxyl groups excluding tert-OH is 1. The molecule has 2 aliphatic rings. The lowest BCUT2D eigenvalue weighted by atomic mass is 10.0. The van der Waals surface area contributed by atoms with E-state index in [0.717, 1.165) is 26.3 Å². The Morgan fingerprint density at radius 3 is 2.68 bits per heavy atom. The first-order chi connectivity index (χ1) is 9.24. The predicted octanol–water partition coefficient (Wildman–Crippen LogP) is 0.376. The Labute approximate surface area is 115 Å². The summed E-state index contributed by atoms with van der Waals surface area (Å²) in [5.41, 5.74) is 0. The van der Waals surface area contributed by atoms with Gasteiger partial charge < -0.3 is 15.2 Å². The number of β-amino-alcohol motifs (C(OH)–C–C–N with tert-alkyl or cyclic N) is 1. The SMILES string of the molecule is O=C(CC1CCCC1)NCC(O)CN1CCOCC1. The van der Waals surface area contributed by atoms with Crippen molar-refractivity contribution in [1.29, 1.82) is 0 Å². The van der Waals surface area contributed by atoms with Gasteiger partial charge in [-0.3, -0.25) is 9.69 Å². The van der Waals surface area contributed by atoms with Crippen LogP contribution in [0, 0.1) is 5.92 Å². The molecule has 0 aromatic carbocycles. The number of amides is 1. The third-order valence-electron chi connectivity index (χ3n) is 4.06. The van der Waals surface area contributed by atoms with Crippen LogP contribution >= 0.6 is 0 Å². The number of aliphatic hydroxyl groups is 1. The summed E-state index contributed by atoms with van der Waals surface area (Å²) in [5, 5.41) is 12.8. The lowest BCUT2D eigenvalue weighted by Crippen LogP contribution is -2.44. The molecule has 1 heterocycles. The summed E-state index contributed by atoms with van der Waals surface area (Å²) in [7, 11) is 0. The zero-order valence-corrected chi connectivity index (χ0v) is 11.6. The number of carbonyl (C=O) groups excluding carboxylic acids is 1. The van der Waals surface area contributed by atoms with Crippen LogP contribution < -0.4 is 5.32 Å². The molecule has 5 heteroatoms. The second kappa shape index (κ2) is 7.82. The normalized spacial score (nSPS) is 23.4. The average molecular weight is 270 g/mol. The standard InChI is InChI=1S/C14H26N2O3/c17-13(11-16-5-7-19-8-6-16)10-15-14(18)9-12-3-1-2-4-12/h12-13,17H,1-11H2,(H,15,18). The van der Waals surface area contributed by atoms with Crippen molar-refractivity contribution in [2.75, 3.05) is 39.4 Å². The van der Waals surface area contributed by atoms with Crippen molar-refractivity contribution in [1.82, 2.24) is 10.2 Å². The molecule has 2 N–H and O–H groups in total. The van der Waals surface area contributed by atoms with Gasteiger partial charge in [-0.1, -0.05) is 12.8 Å². The predicted molar refractivity (Wildman–Crippen MR) is 72.9 cm³/mol. The van der Waals surface area contributed by atoms with Crippen LogP contribution in [0.15, 0.2) is 0 Å². The van der Waals surface area contributed by atoms with Crippen molar-refractivity contribution in [3.63, 3.8) is 0 Å². The summed E-state index contributed by atoms with van der Waals surface area (Å²) >= 11 is 0. The summed E-state index contributed by atoms with van der Waals surface area (Å²) in [4.78, 5) is 13.9. The average Bonchev–Trinajstić information content (AvgIpc) is 2.90. The molecule has 1 saturated carbocycles. The Hall–Kier alpha value is -0.650. The van der Waals surface area contributed by atoms with Crippen molar-refractivity contribution in [2.24, 2.45) is 5.92 Å². The van der Waals surface area contributed by atoms with Crippen LogP contribution in [0.3, 0.4) is 0 Å². The number of hydrogen-bond acceptors (Lipinski definition) is 4. The van der Waals surface area contributed by atoms with Crippen LogP contribution in [0.5, 0.6) is 0 Å². The number of morpholine rings is 1. The van der Waals surface area contributed by atoms with Crippen LogP contribution in [-0.4, -0.2) is 61.4 Å². The van der Waals surface area contributed by atoms with E-state index >= 15 is 0 Å². The van der Waals surface area contributed by atoms with Gasteiger partial charge in [0.15, 0.2) is 0 Å². The minimum Gasteiger partial charge on any atom is -0.390 e. The molecule has 5 nitrogen and oxygen atoms in total. The fourth-order valence-electron chi connectivity index (χ4n) is 2.93. The lowest BCUT2D eigenvalue weighted by molar-refractivity contribution is -0.122. The highest BCUT2D eigenvalue weighted by molar-refractivity contribution is 5.76. The number of ether oxygens (including phenoxy) is 1. The Morgan fingerprint density at radius 1 is 1.32 bits per heavy atom. The Bertz CT molecular complexity index is 274.